The highest BCUT2D eigenvalue weighted by molar-refractivity contribution is 7.99. The zero-order chi connectivity index (χ0) is 21.4. The molecule has 1 aliphatic heterocycles. The molecule has 1 atom stereocenters. The molecule has 1 saturated heterocycles. The lowest BCUT2D eigenvalue weighted by Crippen LogP contribution is -2.17. The fraction of sp³-hybridized carbons (Fsp3) is 0.440. The number of aryl methyl sites for hydroxylation is 4. The van der Waals surface area contributed by atoms with Gasteiger partial charge in [0.2, 0.25) is 0 Å². The van der Waals surface area contributed by atoms with E-state index < -0.39 is 0 Å². The van der Waals surface area contributed by atoms with Crippen LogP contribution in [-0.2, 0) is 11.3 Å². The van der Waals surface area contributed by atoms with Gasteiger partial charge < -0.3 is 9.30 Å². The number of thioether (sulfide) groups is 1. The molecular formula is C25H30N2O2S. The third kappa shape index (κ3) is 4.19. The highest BCUT2D eigenvalue weighted by atomic mass is 32.2. The van der Waals surface area contributed by atoms with Gasteiger partial charge in [0.05, 0.1) is 22.4 Å². The Kier molecular flexibility index (Phi) is 6.03. The summed E-state index contributed by atoms with van der Waals surface area (Å²) in [5.41, 5.74) is 7.66. The Morgan fingerprint density at radius 2 is 1.93 bits per heavy atom. The maximum atomic E-state index is 13.0. The van der Waals surface area contributed by atoms with Gasteiger partial charge in [-0.3, -0.25) is 4.79 Å². The maximum Gasteiger partial charge on any atom is 0.174 e. The quantitative estimate of drug-likeness (QED) is 0.376. The first-order chi connectivity index (χ1) is 14.3. The van der Waals surface area contributed by atoms with Crippen LogP contribution < -0.4 is 0 Å². The van der Waals surface area contributed by atoms with E-state index >= 15 is 0 Å². The van der Waals surface area contributed by atoms with Crippen molar-refractivity contribution in [1.82, 2.24) is 9.55 Å². The van der Waals surface area contributed by atoms with E-state index in [4.69, 9.17) is 9.72 Å². The number of rotatable bonds is 6. The van der Waals surface area contributed by atoms with Crippen molar-refractivity contribution in [2.75, 3.05) is 12.4 Å². The second kappa shape index (κ2) is 8.56. The van der Waals surface area contributed by atoms with Crippen LogP contribution in [0.5, 0.6) is 0 Å². The first-order valence-corrected chi connectivity index (χ1v) is 11.6. The number of carbonyl (C=O) groups excluding carboxylic acids is 1. The molecule has 1 aromatic carbocycles. The summed E-state index contributed by atoms with van der Waals surface area (Å²) in [6.07, 6.45) is 2.50. The summed E-state index contributed by atoms with van der Waals surface area (Å²) in [7, 11) is 0. The second-order valence-electron chi connectivity index (χ2n) is 8.50. The number of ether oxygens (including phenoxy) is 1. The van der Waals surface area contributed by atoms with E-state index in [2.05, 4.69) is 50.5 Å². The van der Waals surface area contributed by atoms with E-state index in [1.807, 2.05) is 13.0 Å². The molecule has 1 aliphatic rings. The summed E-state index contributed by atoms with van der Waals surface area (Å²) in [5.74, 6) is 0.555. The average molecular weight is 423 g/mol. The topological polar surface area (TPSA) is 44.1 Å². The minimum atomic E-state index is 0.159. The molecule has 158 valence electrons. The first kappa shape index (κ1) is 21.1. The van der Waals surface area contributed by atoms with Gasteiger partial charge in [-0.1, -0.05) is 23.4 Å². The molecule has 0 aliphatic carbocycles. The first-order valence-electron chi connectivity index (χ1n) is 10.7. The monoisotopic (exact) mass is 422 g/mol. The summed E-state index contributed by atoms with van der Waals surface area (Å²) in [5, 5.41) is 2.11. The Balaban J connectivity index is 1.51. The van der Waals surface area contributed by atoms with Gasteiger partial charge in [0.15, 0.2) is 5.78 Å². The predicted molar refractivity (Wildman–Crippen MR) is 124 cm³/mol. The molecule has 4 nitrogen and oxygen atoms in total. The third-order valence-corrected chi connectivity index (χ3v) is 6.98. The summed E-state index contributed by atoms with van der Waals surface area (Å²) in [6, 6.07) is 8.48. The van der Waals surface area contributed by atoms with E-state index in [0.717, 1.165) is 53.5 Å². The highest BCUT2D eigenvalue weighted by Gasteiger charge is 2.21. The largest absolute Gasteiger partial charge is 0.376 e. The standard InChI is InChI=1S/C25H30N2O2S/c1-15-9-17(3)25-21(10-15)16(2)11-24(26-25)30-14-23(28)22-12-18(4)27(19(22)5)13-20-7-6-8-29-20/h9-12,20H,6-8,13-14H2,1-5H3/t20-/m1/s1. The Labute approximate surface area is 183 Å². The maximum absolute atomic E-state index is 13.0. The number of pyridine rings is 1. The molecule has 3 aromatic rings. The molecule has 4 rings (SSSR count). The number of ketones is 1. The lowest BCUT2D eigenvalue weighted by atomic mass is 10.0. The third-order valence-electron chi connectivity index (χ3n) is 6.07. The van der Waals surface area contributed by atoms with Gasteiger partial charge in [-0.05, 0) is 76.8 Å². The minimum Gasteiger partial charge on any atom is -0.376 e. The summed E-state index contributed by atoms with van der Waals surface area (Å²) in [6.45, 7) is 12.1. The van der Waals surface area contributed by atoms with Crippen molar-refractivity contribution in [3.63, 3.8) is 0 Å². The number of carbonyl (C=O) groups is 1. The number of benzene rings is 1. The van der Waals surface area contributed by atoms with Crippen molar-refractivity contribution < 1.29 is 9.53 Å². The normalized spacial score (nSPS) is 16.5. The number of Topliss-reactive ketones (excluding diaryl/α,β-unsaturated/α-hetero) is 1. The zero-order valence-corrected chi connectivity index (χ0v) is 19.4. The molecule has 0 bridgehead atoms. The molecule has 0 spiro atoms. The molecule has 0 radical (unpaired) electrons. The van der Waals surface area contributed by atoms with E-state index in [9.17, 15) is 4.79 Å². The Morgan fingerprint density at radius 3 is 2.67 bits per heavy atom. The van der Waals surface area contributed by atoms with Crippen molar-refractivity contribution in [3.8, 4) is 0 Å². The fourth-order valence-electron chi connectivity index (χ4n) is 4.46. The second-order valence-corrected chi connectivity index (χ2v) is 9.49. The molecule has 0 amide bonds. The van der Waals surface area contributed by atoms with Crippen LogP contribution in [0.4, 0.5) is 0 Å². The van der Waals surface area contributed by atoms with Crippen LogP contribution in [0.15, 0.2) is 29.3 Å². The zero-order valence-electron chi connectivity index (χ0n) is 18.5. The van der Waals surface area contributed by atoms with E-state index in [0.29, 0.717) is 5.75 Å². The smallest absolute Gasteiger partial charge is 0.174 e. The highest BCUT2D eigenvalue weighted by Crippen LogP contribution is 2.28. The van der Waals surface area contributed by atoms with E-state index in [1.54, 1.807) is 0 Å². The molecule has 3 heterocycles. The van der Waals surface area contributed by atoms with Crippen molar-refractivity contribution >= 4 is 28.4 Å². The number of hydrogen-bond acceptors (Lipinski definition) is 4. The van der Waals surface area contributed by atoms with Crippen molar-refractivity contribution in [1.29, 1.82) is 0 Å². The molecule has 5 heteroatoms. The van der Waals surface area contributed by atoms with Crippen LogP contribution in [-0.4, -0.2) is 33.8 Å². The van der Waals surface area contributed by atoms with E-state index in [-0.39, 0.29) is 11.9 Å². The predicted octanol–water partition coefficient (Wildman–Crippen LogP) is 5.73. The number of hydrogen-bond donors (Lipinski definition) is 0. The van der Waals surface area contributed by atoms with Gasteiger partial charge in [-0.25, -0.2) is 4.98 Å². The lowest BCUT2D eigenvalue weighted by molar-refractivity contribution is 0.0957. The molecule has 1 fully saturated rings. The van der Waals surface area contributed by atoms with Crippen LogP contribution in [0.1, 0.15) is 51.3 Å². The van der Waals surface area contributed by atoms with Gasteiger partial charge in [-0.15, -0.1) is 0 Å². The average Bonchev–Trinajstić information content (AvgIpc) is 3.31. The summed E-state index contributed by atoms with van der Waals surface area (Å²) >= 11 is 1.53. The Bertz CT molecular complexity index is 1110. The SMILES string of the molecule is Cc1cc(C)c2nc(SCC(=O)c3cc(C)n(C[C@H]4CCCO4)c3C)cc(C)c2c1. The van der Waals surface area contributed by atoms with E-state index in [1.165, 1.54) is 33.8 Å². The van der Waals surface area contributed by atoms with Crippen LogP contribution in [0, 0.1) is 34.6 Å². The summed E-state index contributed by atoms with van der Waals surface area (Å²) in [4.78, 5) is 17.9. The van der Waals surface area contributed by atoms with Crippen LogP contribution >= 0.6 is 11.8 Å². The van der Waals surface area contributed by atoms with Crippen LogP contribution in [0.3, 0.4) is 0 Å². The molecule has 0 saturated carbocycles. The molecular weight excluding hydrogens is 392 g/mol. The molecule has 0 unspecified atom stereocenters. The number of fused-ring (bicyclic) bond motifs is 1. The van der Waals surface area contributed by atoms with Crippen LogP contribution in [0.2, 0.25) is 0 Å². The van der Waals surface area contributed by atoms with Gasteiger partial charge in [-0.2, -0.15) is 0 Å². The number of aromatic nitrogens is 2. The fourth-order valence-corrected chi connectivity index (χ4v) is 5.31. The summed E-state index contributed by atoms with van der Waals surface area (Å²) < 4.78 is 8.02. The minimum absolute atomic E-state index is 0.159. The van der Waals surface area contributed by atoms with Crippen molar-refractivity contribution in [3.05, 3.63) is 57.9 Å². The molecule has 2 aromatic heterocycles. The van der Waals surface area contributed by atoms with Crippen molar-refractivity contribution in [2.24, 2.45) is 0 Å². The number of nitrogens with zero attached hydrogens (tertiary/aromatic N) is 2. The Hall–Kier alpha value is -2.11. The van der Waals surface area contributed by atoms with Crippen LogP contribution in [0.25, 0.3) is 10.9 Å². The molecule has 0 N–H and O–H groups in total. The van der Waals surface area contributed by atoms with Crippen molar-refractivity contribution in [2.45, 2.75) is 65.1 Å². The van der Waals surface area contributed by atoms with Gasteiger partial charge in [0.1, 0.15) is 0 Å². The van der Waals surface area contributed by atoms with Gasteiger partial charge in [0.25, 0.3) is 0 Å². The Morgan fingerprint density at radius 1 is 1.13 bits per heavy atom. The lowest BCUT2D eigenvalue weighted by Gasteiger charge is -2.14. The molecule has 30 heavy (non-hydrogen) atoms. The van der Waals surface area contributed by atoms with Gasteiger partial charge in [0, 0.05) is 35.5 Å². The van der Waals surface area contributed by atoms with Gasteiger partial charge >= 0.3 is 0 Å².